The van der Waals surface area contributed by atoms with E-state index in [0.717, 1.165) is 11.5 Å². The number of hydrogen-bond donors (Lipinski definition) is 1. The van der Waals surface area contributed by atoms with Crippen molar-refractivity contribution in [2.24, 2.45) is 17.3 Å². The maximum Gasteiger partial charge on any atom is 0.0991 e. The molecule has 3 fully saturated rings. The number of hydrogen-bond acceptors (Lipinski definition) is 2. The van der Waals surface area contributed by atoms with Crippen molar-refractivity contribution in [3.8, 4) is 6.07 Å². The largest absolute Gasteiger partial charge is 0.384 e. The molecule has 0 saturated heterocycles. The van der Waals surface area contributed by atoms with Crippen LogP contribution in [0.2, 0.25) is 0 Å². The van der Waals surface area contributed by atoms with E-state index in [2.05, 4.69) is 6.07 Å². The van der Waals surface area contributed by atoms with Crippen molar-refractivity contribution in [3.05, 3.63) is 35.4 Å². The van der Waals surface area contributed by atoms with Crippen LogP contribution in [0, 0.1) is 28.6 Å². The fourth-order valence-corrected chi connectivity index (χ4v) is 5.74. The molecule has 3 aliphatic rings. The second kappa shape index (κ2) is 4.09. The molecule has 0 radical (unpaired) electrons. The Hall–Kier alpha value is -1.33. The van der Waals surface area contributed by atoms with Gasteiger partial charge in [-0.25, -0.2) is 0 Å². The lowest BCUT2D eigenvalue weighted by atomic mass is 9.34. The zero-order valence-electron chi connectivity index (χ0n) is 11.8. The van der Waals surface area contributed by atoms with Crippen LogP contribution in [0.1, 0.15) is 56.1 Å². The van der Waals surface area contributed by atoms with Crippen LogP contribution < -0.4 is 0 Å². The normalized spacial score (nSPS) is 42.2. The first-order valence-electron chi connectivity index (χ1n) is 7.95. The molecule has 1 aromatic carbocycles. The molecule has 4 rings (SSSR count). The van der Waals surface area contributed by atoms with E-state index in [1.54, 1.807) is 0 Å². The van der Waals surface area contributed by atoms with E-state index in [1.807, 2.05) is 24.3 Å². The van der Waals surface area contributed by atoms with E-state index in [1.165, 1.54) is 44.9 Å². The summed E-state index contributed by atoms with van der Waals surface area (Å²) in [5.74, 6) is 1.19. The van der Waals surface area contributed by atoms with Crippen LogP contribution in [0.3, 0.4) is 0 Å². The Kier molecular flexibility index (Phi) is 2.54. The molecule has 1 spiro atoms. The molecule has 104 valence electrons. The van der Waals surface area contributed by atoms with Gasteiger partial charge >= 0.3 is 0 Å². The van der Waals surface area contributed by atoms with Crippen molar-refractivity contribution in [2.75, 3.05) is 0 Å². The molecule has 2 nitrogen and oxygen atoms in total. The highest BCUT2D eigenvalue weighted by Crippen LogP contribution is 2.74. The summed E-state index contributed by atoms with van der Waals surface area (Å²) in [7, 11) is 0. The first kappa shape index (κ1) is 12.4. The van der Waals surface area contributed by atoms with Crippen LogP contribution in [0.15, 0.2) is 24.3 Å². The first-order valence-corrected chi connectivity index (χ1v) is 7.95. The second-order valence-corrected chi connectivity index (χ2v) is 6.96. The van der Waals surface area contributed by atoms with Crippen molar-refractivity contribution >= 4 is 0 Å². The lowest BCUT2D eigenvalue weighted by Gasteiger charge is -2.72. The maximum absolute atomic E-state index is 11.5. The van der Waals surface area contributed by atoms with E-state index in [9.17, 15) is 5.11 Å². The summed E-state index contributed by atoms with van der Waals surface area (Å²) in [5, 5.41) is 20.5. The Morgan fingerprint density at radius 3 is 2.45 bits per heavy atom. The molecule has 2 heteroatoms. The van der Waals surface area contributed by atoms with Crippen LogP contribution in [-0.4, -0.2) is 5.11 Å². The lowest BCUT2D eigenvalue weighted by molar-refractivity contribution is -0.312. The van der Waals surface area contributed by atoms with Gasteiger partial charge in [0.2, 0.25) is 0 Å². The van der Waals surface area contributed by atoms with E-state index in [4.69, 9.17) is 5.26 Å². The minimum atomic E-state index is -0.621. The monoisotopic (exact) mass is 267 g/mol. The van der Waals surface area contributed by atoms with Gasteiger partial charge in [-0.3, -0.25) is 0 Å². The van der Waals surface area contributed by atoms with E-state index in [0.29, 0.717) is 11.5 Å². The molecule has 0 aromatic heterocycles. The molecule has 2 bridgehead atoms. The summed E-state index contributed by atoms with van der Waals surface area (Å²) in [6, 6.07) is 9.86. The SMILES string of the molecule is N#Cc1ccc(C2(O)[C@@H]3CCC[C@]24CCCC[C@@H]34)cc1. The zero-order valence-corrected chi connectivity index (χ0v) is 11.8. The molecule has 0 amide bonds. The third-order valence-electron chi connectivity index (χ3n) is 6.47. The highest BCUT2D eigenvalue weighted by atomic mass is 16.3. The highest BCUT2D eigenvalue weighted by molar-refractivity contribution is 5.39. The molecule has 1 unspecified atom stereocenters. The summed E-state index contributed by atoms with van der Waals surface area (Å²) < 4.78 is 0. The number of fused-ring (bicyclic) bond motifs is 2. The van der Waals surface area contributed by atoms with Crippen LogP contribution >= 0.6 is 0 Å². The van der Waals surface area contributed by atoms with Crippen molar-refractivity contribution in [1.29, 1.82) is 5.26 Å². The van der Waals surface area contributed by atoms with Crippen molar-refractivity contribution in [1.82, 2.24) is 0 Å². The number of benzene rings is 1. The molecule has 1 aromatic rings. The summed E-state index contributed by atoms with van der Waals surface area (Å²) >= 11 is 0. The number of aliphatic hydroxyl groups is 1. The average molecular weight is 267 g/mol. The van der Waals surface area contributed by atoms with Gasteiger partial charge in [0.05, 0.1) is 17.2 Å². The van der Waals surface area contributed by atoms with Gasteiger partial charge in [-0.2, -0.15) is 5.26 Å². The summed E-state index contributed by atoms with van der Waals surface area (Å²) in [6.07, 6.45) is 8.73. The second-order valence-electron chi connectivity index (χ2n) is 6.96. The highest BCUT2D eigenvalue weighted by Gasteiger charge is 2.72. The predicted molar refractivity (Wildman–Crippen MR) is 76.8 cm³/mol. The maximum atomic E-state index is 11.5. The Morgan fingerprint density at radius 2 is 1.70 bits per heavy atom. The van der Waals surface area contributed by atoms with E-state index >= 15 is 0 Å². The zero-order chi connectivity index (χ0) is 13.8. The molecular weight excluding hydrogens is 246 g/mol. The summed E-state index contributed by atoms with van der Waals surface area (Å²) in [5.41, 5.74) is 1.26. The van der Waals surface area contributed by atoms with Gasteiger partial charge in [0.1, 0.15) is 0 Å². The Bertz CT molecular complexity index is 566. The van der Waals surface area contributed by atoms with E-state index < -0.39 is 5.60 Å². The molecule has 3 aliphatic carbocycles. The molecule has 0 heterocycles. The summed E-state index contributed by atoms with van der Waals surface area (Å²) in [6.45, 7) is 0. The fourth-order valence-electron chi connectivity index (χ4n) is 5.74. The van der Waals surface area contributed by atoms with Gasteiger partial charge in [-0.1, -0.05) is 31.4 Å². The Morgan fingerprint density at radius 1 is 1.00 bits per heavy atom. The third-order valence-corrected chi connectivity index (χ3v) is 6.47. The minimum Gasteiger partial charge on any atom is -0.384 e. The van der Waals surface area contributed by atoms with Gasteiger partial charge in [-0.15, -0.1) is 0 Å². The molecule has 1 N–H and O–H groups in total. The standard InChI is InChI=1S/C18H21NO/c19-12-13-6-8-14(9-7-13)18(20)16-5-3-11-17(18)10-2-1-4-15(16)17/h6-9,15-16,20H,1-5,10-11H2/t15-,16+,17-,18?/m0/s1. The fraction of sp³-hybridized carbons (Fsp3) is 0.611. The van der Waals surface area contributed by atoms with E-state index in [-0.39, 0.29) is 5.41 Å². The lowest BCUT2D eigenvalue weighted by Crippen LogP contribution is -2.71. The van der Waals surface area contributed by atoms with Gasteiger partial charge in [0.25, 0.3) is 0 Å². The first-order chi connectivity index (χ1) is 9.72. The van der Waals surface area contributed by atoms with Crippen LogP contribution in [-0.2, 0) is 5.60 Å². The van der Waals surface area contributed by atoms with Crippen LogP contribution in [0.25, 0.3) is 0 Å². The molecule has 3 saturated carbocycles. The predicted octanol–water partition coefficient (Wildman–Crippen LogP) is 3.74. The van der Waals surface area contributed by atoms with Crippen molar-refractivity contribution in [2.45, 2.75) is 50.5 Å². The smallest absolute Gasteiger partial charge is 0.0991 e. The third kappa shape index (κ3) is 1.27. The van der Waals surface area contributed by atoms with Crippen molar-refractivity contribution in [3.63, 3.8) is 0 Å². The Labute approximate surface area is 120 Å². The minimum absolute atomic E-state index is 0.141. The van der Waals surface area contributed by atoms with Gasteiger partial charge < -0.3 is 5.11 Å². The quantitative estimate of drug-likeness (QED) is 0.842. The Balaban J connectivity index is 1.77. The number of rotatable bonds is 1. The van der Waals surface area contributed by atoms with Crippen molar-refractivity contribution < 1.29 is 5.11 Å². The van der Waals surface area contributed by atoms with Crippen LogP contribution in [0.4, 0.5) is 0 Å². The number of nitrogens with zero attached hydrogens (tertiary/aromatic N) is 1. The number of nitriles is 1. The van der Waals surface area contributed by atoms with Gasteiger partial charge in [-0.05, 0) is 55.2 Å². The summed E-state index contributed by atoms with van der Waals surface area (Å²) in [4.78, 5) is 0. The van der Waals surface area contributed by atoms with Crippen LogP contribution in [0.5, 0.6) is 0 Å². The topological polar surface area (TPSA) is 44.0 Å². The van der Waals surface area contributed by atoms with Gasteiger partial charge in [0.15, 0.2) is 0 Å². The molecule has 4 atom stereocenters. The molecular formula is C18H21NO. The van der Waals surface area contributed by atoms with Gasteiger partial charge in [0, 0.05) is 5.41 Å². The average Bonchev–Trinajstić information content (AvgIpc) is 2.53. The molecule has 0 aliphatic heterocycles. The molecule has 20 heavy (non-hydrogen) atoms.